The average Bonchev–Trinajstić information content (AvgIpc) is 3.16. The number of likely N-dealkylation sites (N-methyl/N-ethyl adjacent to an activating group) is 2. The third kappa shape index (κ3) is 5.10. The van der Waals surface area contributed by atoms with Crippen molar-refractivity contribution in [3.63, 3.8) is 0 Å². The highest BCUT2D eigenvalue weighted by Crippen LogP contribution is 2.10. The molecule has 0 aliphatic carbocycles. The number of carbonyl (C=O) groups is 2. The largest absolute Gasteiger partial charge is 0.347 e. The van der Waals surface area contributed by atoms with E-state index in [1.165, 1.54) is 20.7 Å². The topological polar surface area (TPSA) is 70.5 Å². The summed E-state index contributed by atoms with van der Waals surface area (Å²) in [6, 6.07) is 3.87. The maximum absolute atomic E-state index is 12.1. The molecule has 23 heavy (non-hydrogen) atoms. The lowest BCUT2D eigenvalue weighted by atomic mass is 10.3. The number of hydrogen-bond donors (Lipinski definition) is 1. The van der Waals surface area contributed by atoms with E-state index in [9.17, 15) is 9.59 Å². The van der Waals surface area contributed by atoms with Gasteiger partial charge in [0.25, 0.3) is 0 Å². The van der Waals surface area contributed by atoms with Gasteiger partial charge in [0.15, 0.2) is 0 Å². The summed E-state index contributed by atoms with van der Waals surface area (Å²) in [5.41, 5.74) is 0.574. The molecule has 3 amide bonds. The SMILES string of the molecule is CN(C)C(=O)Cn1cc(NC(=O)N(C)CCc2cccs2)cn1. The minimum atomic E-state index is -0.194. The van der Waals surface area contributed by atoms with Crippen molar-refractivity contribution in [3.8, 4) is 0 Å². The number of aromatic nitrogens is 2. The highest BCUT2D eigenvalue weighted by atomic mass is 32.1. The summed E-state index contributed by atoms with van der Waals surface area (Å²) in [5.74, 6) is -0.0564. The minimum Gasteiger partial charge on any atom is -0.347 e. The van der Waals surface area contributed by atoms with E-state index in [0.717, 1.165) is 6.42 Å². The highest BCUT2D eigenvalue weighted by Gasteiger charge is 2.11. The molecule has 124 valence electrons. The molecular formula is C15H21N5O2S. The first kappa shape index (κ1) is 17.0. The fourth-order valence-electron chi connectivity index (χ4n) is 1.85. The van der Waals surface area contributed by atoms with E-state index in [-0.39, 0.29) is 18.5 Å². The number of rotatable bonds is 6. The van der Waals surface area contributed by atoms with Crippen molar-refractivity contribution in [1.82, 2.24) is 19.6 Å². The standard InChI is InChI=1S/C15H21N5O2S/c1-18(2)14(21)11-20-10-12(9-16-20)17-15(22)19(3)7-6-13-5-4-8-23-13/h4-5,8-10H,6-7,11H2,1-3H3,(H,17,22). The predicted octanol–water partition coefficient (Wildman–Crippen LogP) is 1.74. The van der Waals surface area contributed by atoms with Crippen LogP contribution < -0.4 is 5.32 Å². The van der Waals surface area contributed by atoms with E-state index in [2.05, 4.69) is 16.5 Å². The average molecular weight is 335 g/mol. The lowest BCUT2D eigenvalue weighted by Gasteiger charge is -2.16. The van der Waals surface area contributed by atoms with Crippen molar-refractivity contribution in [2.24, 2.45) is 0 Å². The van der Waals surface area contributed by atoms with Gasteiger partial charge in [-0.1, -0.05) is 6.07 Å². The van der Waals surface area contributed by atoms with Crippen LogP contribution in [0.4, 0.5) is 10.5 Å². The van der Waals surface area contributed by atoms with E-state index < -0.39 is 0 Å². The van der Waals surface area contributed by atoms with Crippen molar-refractivity contribution in [2.45, 2.75) is 13.0 Å². The quantitative estimate of drug-likeness (QED) is 0.874. The Hall–Kier alpha value is -2.35. The number of thiophene rings is 1. The van der Waals surface area contributed by atoms with Crippen LogP contribution in [0.2, 0.25) is 0 Å². The first-order chi connectivity index (χ1) is 11.0. The highest BCUT2D eigenvalue weighted by molar-refractivity contribution is 7.09. The van der Waals surface area contributed by atoms with Gasteiger partial charge >= 0.3 is 6.03 Å². The summed E-state index contributed by atoms with van der Waals surface area (Å²) in [6.45, 7) is 0.788. The Labute approximate surface area is 139 Å². The Morgan fingerprint density at radius 3 is 2.78 bits per heavy atom. The number of nitrogens with one attached hydrogen (secondary N) is 1. The molecule has 0 saturated heterocycles. The summed E-state index contributed by atoms with van der Waals surface area (Å²) < 4.78 is 1.50. The second-order valence-corrected chi connectivity index (χ2v) is 6.43. The van der Waals surface area contributed by atoms with Crippen LogP contribution in [0.15, 0.2) is 29.9 Å². The maximum Gasteiger partial charge on any atom is 0.321 e. The Kier molecular flexibility index (Phi) is 5.75. The molecule has 0 saturated carbocycles. The van der Waals surface area contributed by atoms with Gasteiger partial charge in [0.2, 0.25) is 5.91 Å². The van der Waals surface area contributed by atoms with Crippen LogP contribution in [0.5, 0.6) is 0 Å². The van der Waals surface area contributed by atoms with Crippen molar-refractivity contribution in [3.05, 3.63) is 34.8 Å². The normalized spacial score (nSPS) is 10.4. The van der Waals surface area contributed by atoms with Gasteiger partial charge in [0.1, 0.15) is 6.54 Å². The van der Waals surface area contributed by atoms with E-state index in [1.54, 1.807) is 43.6 Å². The number of amides is 3. The zero-order valence-electron chi connectivity index (χ0n) is 13.5. The second kappa shape index (κ2) is 7.77. The van der Waals surface area contributed by atoms with Crippen molar-refractivity contribution in [2.75, 3.05) is 33.0 Å². The molecule has 0 bridgehead atoms. The molecule has 0 atom stereocenters. The van der Waals surface area contributed by atoms with Gasteiger partial charge in [-0.15, -0.1) is 11.3 Å². The number of carbonyl (C=O) groups excluding carboxylic acids is 2. The number of anilines is 1. The molecule has 2 aromatic heterocycles. The first-order valence-electron chi connectivity index (χ1n) is 7.23. The maximum atomic E-state index is 12.1. The lowest BCUT2D eigenvalue weighted by molar-refractivity contribution is -0.129. The van der Waals surface area contributed by atoms with Gasteiger partial charge in [-0.25, -0.2) is 4.79 Å². The van der Waals surface area contributed by atoms with Crippen molar-refractivity contribution < 1.29 is 9.59 Å². The van der Waals surface area contributed by atoms with Crippen LogP contribution in [0.3, 0.4) is 0 Å². The smallest absolute Gasteiger partial charge is 0.321 e. The second-order valence-electron chi connectivity index (χ2n) is 5.40. The summed E-state index contributed by atoms with van der Waals surface area (Å²) in [5, 5.41) is 8.88. The molecule has 0 aliphatic heterocycles. The summed E-state index contributed by atoms with van der Waals surface area (Å²) in [4.78, 5) is 28.1. The fraction of sp³-hybridized carbons (Fsp3) is 0.400. The van der Waals surface area contributed by atoms with Crippen LogP contribution in [-0.2, 0) is 17.8 Å². The Morgan fingerprint density at radius 2 is 2.13 bits per heavy atom. The molecule has 7 nitrogen and oxygen atoms in total. The van der Waals surface area contributed by atoms with E-state index >= 15 is 0 Å². The molecule has 0 radical (unpaired) electrons. The Bertz CT molecular complexity index is 651. The first-order valence-corrected chi connectivity index (χ1v) is 8.11. The van der Waals surface area contributed by atoms with Gasteiger partial charge in [-0.3, -0.25) is 9.48 Å². The zero-order chi connectivity index (χ0) is 16.8. The van der Waals surface area contributed by atoms with Gasteiger partial charge in [0, 0.05) is 38.8 Å². The molecular weight excluding hydrogens is 314 g/mol. The minimum absolute atomic E-state index is 0.0564. The van der Waals surface area contributed by atoms with Crippen molar-refractivity contribution in [1.29, 1.82) is 0 Å². The van der Waals surface area contributed by atoms with Gasteiger partial charge in [-0.2, -0.15) is 5.10 Å². The summed E-state index contributed by atoms with van der Waals surface area (Å²) in [6.07, 6.45) is 4.01. The summed E-state index contributed by atoms with van der Waals surface area (Å²) >= 11 is 1.68. The van der Waals surface area contributed by atoms with E-state index in [1.807, 2.05) is 11.4 Å². The van der Waals surface area contributed by atoms with Crippen LogP contribution in [0, 0.1) is 0 Å². The molecule has 0 fully saturated rings. The van der Waals surface area contributed by atoms with Gasteiger partial charge in [-0.05, 0) is 17.9 Å². The molecule has 0 aliphatic rings. The van der Waals surface area contributed by atoms with Gasteiger partial charge < -0.3 is 15.1 Å². The van der Waals surface area contributed by atoms with Crippen LogP contribution >= 0.6 is 11.3 Å². The number of nitrogens with zero attached hydrogens (tertiary/aromatic N) is 4. The lowest BCUT2D eigenvalue weighted by Crippen LogP contribution is -2.32. The van der Waals surface area contributed by atoms with Crippen LogP contribution in [-0.4, -0.2) is 59.2 Å². The number of urea groups is 1. The Balaban J connectivity index is 1.82. The summed E-state index contributed by atoms with van der Waals surface area (Å²) in [7, 11) is 5.14. The molecule has 1 N–H and O–H groups in total. The molecule has 2 heterocycles. The van der Waals surface area contributed by atoms with Crippen LogP contribution in [0.25, 0.3) is 0 Å². The zero-order valence-corrected chi connectivity index (χ0v) is 14.3. The number of hydrogen-bond acceptors (Lipinski definition) is 4. The predicted molar refractivity (Wildman–Crippen MR) is 90.6 cm³/mol. The molecule has 2 aromatic rings. The van der Waals surface area contributed by atoms with Crippen molar-refractivity contribution >= 4 is 29.0 Å². The molecule has 2 rings (SSSR count). The monoisotopic (exact) mass is 335 g/mol. The van der Waals surface area contributed by atoms with E-state index in [4.69, 9.17) is 0 Å². The third-order valence-electron chi connectivity index (χ3n) is 3.30. The Morgan fingerprint density at radius 1 is 1.35 bits per heavy atom. The third-order valence-corrected chi connectivity index (χ3v) is 4.24. The fourth-order valence-corrected chi connectivity index (χ4v) is 2.55. The molecule has 8 heteroatoms. The van der Waals surface area contributed by atoms with E-state index in [0.29, 0.717) is 12.2 Å². The van der Waals surface area contributed by atoms with Crippen LogP contribution in [0.1, 0.15) is 4.88 Å². The molecule has 0 unspecified atom stereocenters. The van der Waals surface area contributed by atoms with Gasteiger partial charge in [0.05, 0.1) is 11.9 Å². The molecule has 0 aromatic carbocycles. The molecule has 0 spiro atoms.